The van der Waals surface area contributed by atoms with E-state index in [2.05, 4.69) is 16.3 Å². The van der Waals surface area contributed by atoms with Crippen molar-refractivity contribution in [1.29, 1.82) is 5.41 Å². The number of carbonyl (C=O) groups is 1. The molecule has 2 saturated heterocycles. The van der Waals surface area contributed by atoms with E-state index in [1.54, 1.807) is 0 Å². The lowest BCUT2D eigenvalue weighted by Gasteiger charge is -2.43. The molecule has 8 nitrogen and oxygen atoms in total. The van der Waals surface area contributed by atoms with Crippen molar-refractivity contribution in [3.63, 3.8) is 0 Å². The molecule has 3 aliphatic rings. The van der Waals surface area contributed by atoms with E-state index in [0.29, 0.717) is 31.2 Å². The predicted octanol–water partition coefficient (Wildman–Crippen LogP) is 1.24. The number of fused-ring (bicyclic) bond motifs is 1. The molecule has 0 radical (unpaired) electrons. The topological polar surface area (TPSA) is 115 Å². The summed E-state index contributed by atoms with van der Waals surface area (Å²) in [4.78, 5) is 16.5. The summed E-state index contributed by atoms with van der Waals surface area (Å²) in [7, 11) is 0. The Hall–Kier alpha value is -2.32. The van der Waals surface area contributed by atoms with Crippen LogP contribution in [0.15, 0.2) is 18.2 Å². The van der Waals surface area contributed by atoms with Crippen LogP contribution < -0.4 is 15.8 Å². The first-order valence-electron chi connectivity index (χ1n) is 11.0. The monoisotopic (exact) mass is 415 g/mol. The highest BCUT2D eigenvalue weighted by Gasteiger charge is 2.43. The van der Waals surface area contributed by atoms with E-state index in [9.17, 15) is 9.90 Å². The van der Waals surface area contributed by atoms with Gasteiger partial charge in [-0.2, -0.15) is 0 Å². The van der Waals surface area contributed by atoms with Crippen LogP contribution in [0.2, 0.25) is 0 Å². The number of guanidine groups is 1. The average Bonchev–Trinajstić information content (AvgIpc) is 2.78. The molecule has 30 heavy (non-hydrogen) atoms. The zero-order valence-corrected chi connectivity index (χ0v) is 17.5. The summed E-state index contributed by atoms with van der Waals surface area (Å²) in [6.07, 6.45) is 4.37. The number of piperidine rings is 2. The summed E-state index contributed by atoms with van der Waals surface area (Å²) in [5.41, 5.74) is 7.15. The summed E-state index contributed by atoms with van der Waals surface area (Å²) in [6, 6.07) is 6.53. The number of carboxylic acids is 1. The van der Waals surface area contributed by atoms with Crippen molar-refractivity contribution >= 4 is 11.9 Å². The second kappa shape index (κ2) is 8.81. The number of nitrogens with one attached hydrogen (secondary N) is 2. The van der Waals surface area contributed by atoms with Crippen LogP contribution in [-0.4, -0.2) is 72.2 Å². The van der Waals surface area contributed by atoms with Gasteiger partial charge in [-0.1, -0.05) is 6.07 Å². The SMILES string of the molecule is N=C(N)N1CCc2ccc(OCC3(C(=O)O)CCN(C4CCNCC4)CC3)cc2C1. The Balaban J connectivity index is 1.38. The van der Waals surface area contributed by atoms with Crippen LogP contribution in [0.5, 0.6) is 5.75 Å². The predicted molar refractivity (Wildman–Crippen MR) is 115 cm³/mol. The molecule has 0 unspecified atom stereocenters. The Morgan fingerprint density at radius 1 is 1.23 bits per heavy atom. The van der Waals surface area contributed by atoms with E-state index in [1.165, 1.54) is 5.56 Å². The number of ether oxygens (including phenoxy) is 1. The number of nitrogens with two attached hydrogens (primary N) is 1. The molecule has 164 valence electrons. The molecule has 8 heteroatoms. The summed E-state index contributed by atoms with van der Waals surface area (Å²) in [6.45, 7) is 5.27. The van der Waals surface area contributed by atoms with Gasteiger partial charge in [-0.15, -0.1) is 0 Å². The molecule has 0 saturated carbocycles. The molecule has 1 aromatic rings. The van der Waals surface area contributed by atoms with Crippen molar-refractivity contribution in [2.45, 2.75) is 44.7 Å². The number of hydrogen-bond donors (Lipinski definition) is 4. The molecule has 0 amide bonds. The minimum atomic E-state index is -0.829. The molecule has 0 bridgehead atoms. The van der Waals surface area contributed by atoms with Gasteiger partial charge in [0.1, 0.15) is 17.8 Å². The number of hydrogen-bond acceptors (Lipinski definition) is 5. The van der Waals surface area contributed by atoms with Crippen LogP contribution in [0.25, 0.3) is 0 Å². The van der Waals surface area contributed by atoms with Gasteiger partial charge in [0, 0.05) is 19.1 Å². The van der Waals surface area contributed by atoms with Gasteiger partial charge in [0.15, 0.2) is 5.96 Å². The first kappa shape index (κ1) is 20.9. The van der Waals surface area contributed by atoms with Crippen LogP contribution in [0, 0.1) is 10.8 Å². The Labute approximate surface area is 177 Å². The summed E-state index contributed by atoms with van der Waals surface area (Å²) in [5.74, 6) is 0.0195. The van der Waals surface area contributed by atoms with Crippen LogP contribution in [0.4, 0.5) is 0 Å². The molecular formula is C22H33N5O3. The van der Waals surface area contributed by atoms with Crippen LogP contribution in [0.3, 0.4) is 0 Å². The van der Waals surface area contributed by atoms with E-state index < -0.39 is 11.4 Å². The van der Waals surface area contributed by atoms with Crippen LogP contribution in [0.1, 0.15) is 36.8 Å². The molecular weight excluding hydrogens is 382 g/mol. The molecule has 5 N–H and O–H groups in total. The van der Waals surface area contributed by atoms with Crippen molar-refractivity contribution in [3.8, 4) is 5.75 Å². The minimum Gasteiger partial charge on any atom is -0.492 e. The Kier molecular flexibility index (Phi) is 6.15. The fourth-order valence-corrected chi connectivity index (χ4v) is 4.96. The number of aliphatic carboxylic acids is 1. The lowest BCUT2D eigenvalue weighted by atomic mass is 9.78. The highest BCUT2D eigenvalue weighted by molar-refractivity contribution is 5.75. The van der Waals surface area contributed by atoms with Gasteiger partial charge in [-0.3, -0.25) is 10.2 Å². The highest BCUT2D eigenvalue weighted by Crippen LogP contribution is 2.35. The maximum Gasteiger partial charge on any atom is 0.313 e. The largest absolute Gasteiger partial charge is 0.492 e. The van der Waals surface area contributed by atoms with Crippen molar-refractivity contribution in [2.75, 3.05) is 39.3 Å². The Morgan fingerprint density at radius 3 is 2.63 bits per heavy atom. The first-order valence-corrected chi connectivity index (χ1v) is 11.0. The third-order valence-electron chi connectivity index (χ3n) is 7.08. The van der Waals surface area contributed by atoms with Gasteiger partial charge in [-0.05, 0) is 81.5 Å². The zero-order valence-electron chi connectivity index (χ0n) is 17.5. The summed E-state index contributed by atoms with van der Waals surface area (Å²) >= 11 is 0. The lowest BCUT2D eigenvalue weighted by Crippen LogP contribution is -2.52. The van der Waals surface area contributed by atoms with Gasteiger partial charge < -0.3 is 30.7 Å². The van der Waals surface area contributed by atoms with Crippen LogP contribution >= 0.6 is 0 Å². The minimum absolute atomic E-state index is 0.0808. The van der Waals surface area contributed by atoms with Crippen molar-refractivity contribution in [1.82, 2.24) is 15.1 Å². The van der Waals surface area contributed by atoms with E-state index >= 15 is 0 Å². The number of likely N-dealkylation sites (tertiary alicyclic amines) is 1. The maximum absolute atomic E-state index is 12.2. The standard InChI is InChI=1S/C22H33N5O3/c23-21(24)27-10-5-16-1-2-19(13-17(16)14-27)30-15-22(20(28)29)6-11-26(12-7-22)18-3-8-25-9-4-18/h1-2,13,18,25H,3-12,14-15H2,(H3,23,24)(H,28,29). The molecule has 2 fully saturated rings. The third-order valence-corrected chi connectivity index (χ3v) is 7.08. The summed E-state index contributed by atoms with van der Waals surface area (Å²) in [5, 5.41) is 21.1. The average molecular weight is 416 g/mol. The molecule has 0 aromatic heterocycles. The van der Waals surface area contributed by atoms with E-state index in [-0.39, 0.29) is 12.6 Å². The number of rotatable bonds is 5. The van der Waals surface area contributed by atoms with E-state index in [1.807, 2.05) is 17.0 Å². The Morgan fingerprint density at radius 2 is 1.97 bits per heavy atom. The third kappa shape index (κ3) is 4.39. The quantitative estimate of drug-likeness (QED) is 0.422. The molecule has 0 atom stereocenters. The zero-order chi connectivity index (χ0) is 21.1. The highest BCUT2D eigenvalue weighted by atomic mass is 16.5. The number of carboxylic acid groups (broad SMARTS) is 1. The first-order chi connectivity index (χ1) is 14.5. The van der Waals surface area contributed by atoms with Gasteiger partial charge in [0.2, 0.25) is 0 Å². The molecule has 0 aliphatic carbocycles. The van der Waals surface area contributed by atoms with Crippen molar-refractivity contribution in [3.05, 3.63) is 29.3 Å². The van der Waals surface area contributed by atoms with Crippen LogP contribution in [-0.2, 0) is 17.8 Å². The maximum atomic E-state index is 12.2. The smallest absolute Gasteiger partial charge is 0.313 e. The fourth-order valence-electron chi connectivity index (χ4n) is 4.96. The number of nitrogens with zero attached hydrogens (tertiary/aromatic N) is 2. The van der Waals surface area contributed by atoms with Gasteiger partial charge in [0.25, 0.3) is 0 Å². The molecule has 3 aliphatic heterocycles. The second-order valence-electron chi connectivity index (χ2n) is 8.88. The molecule has 1 aromatic carbocycles. The van der Waals surface area contributed by atoms with Crippen molar-refractivity contribution in [2.24, 2.45) is 11.1 Å². The number of benzene rings is 1. The summed E-state index contributed by atoms with van der Waals surface area (Å²) < 4.78 is 6.04. The second-order valence-corrected chi connectivity index (χ2v) is 8.88. The Bertz CT molecular complexity index is 785. The van der Waals surface area contributed by atoms with E-state index in [0.717, 1.165) is 57.5 Å². The van der Waals surface area contributed by atoms with E-state index in [4.69, 9.17) is 15.9 Å². The molecule has 3 heterocycles. The lowest BCUT2D eigenvalue weighted by molar-refractivity contribution is -0.155. The molecule has 4 rings (SSSR count). The van der Waals surface area contributed by atoms with Gasteiger partial charge in [0.05, 0.1) is 0 Å². The molecule has 0 spiro atoms. The normalized spacial score (nSPS) is 22.3. The fraction of sp³-hybridized carbons (Fsp3) is 0.636. The van der Waals surface area contributed by atoms with Gasteiger partial charge >= 0.3 is 5.97 Å². The van der Waals surface area contributed by atoms with Crippen molar-refractivity contribution < 1.29 is 14.6 Å². The van der Waals surface area contributed by atoms with Gasteiger partial charge in [-0.25, -0.2) is 0 Å².